The normalized spacial score (nSPS) is 32.4. The first-order chi connectivity index (χ1) is 21.6. The van der Waals surface area contributed by atoms with Crippen molar-refractivity contribution < 1.29 is 86.3 Å². The molecule has 25 heteroatoms. The lowest BCUT2D eigenvalue weighted by Crippen LogP contribution is -2.64. The molecule has 11 atom stereocenters. The molecule has 2 saturated heterocycles. The van der Waals surface area contributed by atoms with Crippen LogP contribution in [0.4, 0.5) is 4.79 Å². The molecule has 8 unspecified atom stereocenters. The third kappa shape index (κ3) is 10.4. The van der Waals surface area contributed by atoms with Crippen LogP contribution in [0.2, 0.25) is 0 Å². The molecule has 23 nitrogen and oxygen atoms in total. The van der Waals surface area contributed by atoms with E-state index >= 15 is 0 Å². The van der Waals surface area contributed by atoms with Crippen LogP contribution in [0.15, 0.2) is 21.9 Å². The highest BCUT2D eigenvalue weighted by Crippen LogP contribution is 2.57. The van der Waals surface area contributed by atoms with Crippen LogP contribution in [-0.4, -0.2) is 137 Å². The smallest absolute Gasteiger partial charge is 0.407 e. The third-order valence-electron chi connectivity index (χ3n) is 6.35. The molecule has 2 aliphatic rings. The number of aromatic nitrogens is 2. The number of nitrogens with zero attached hydrogens (tertiary/aromatic N) is 1. The van der Waals surface area contributed by atoms with Crippen LogP contribution in [0, 0.1) is 0 Å². The zero-order valence-electron chi connectivity index (χ0n) is 23.8. The second-order valence-electron chi connectivity index (χ2n) is 9.56. The maximum Gasteiger partial charge on any atom is 0.407 e. The van der Waals surface area contributed by atoms with Gasteiger partial charge in [-0.1, -0.05) is 0 Å². The average Bonchev–Trinajstić information content (AvgIpc) is 3.25. The fraction of sp³-hybridized carbons (Fsp3) is 0.762. The number of alkyl carbamates (subject to hydrolysis) is 1. The number of nitrogens with one attached hydrogen (secondary N) is 2. The Bertz CT molecular complexity index is 1360. The summed E-state index contributed by atoms with van der Waals surface area (Å²) in [4.78, 5) is 62.2. The van der Waals surface area contributed by atoms with Crippen molar-refractivity contribution in [2.45, 2.75) is 55.2 Å². The number of H-pyrrole nitrogens is 1. The Morgan fingerprint density at radius 3 is 2.33 bits per heavy atom. The monoisotopic (exact) mass is 709 g/mol. The Balaban J connectivity index is 1.62. The SMILES string of the molecule is COCCOCCOC(=O)N[C@H]1C(O)[C@@H](O)C(CO)O[C@@H]1OP(=O)([O-])OP(=O)([O-])OCC1OC(n2ccc(=O)[nH]c2=O)C(O)C1O. The molecular weight excluding hydrogens is 676 g/mol. The lowest BCUT2D eigenvalue weighted by Gasteiger charge is -2.43. The van der Waals surface area contributed by atoms with Gasteiger partial charge in [-0.3, -0.25) is 28.0 Å². The molecule has 0 bridgehead atoms. The van der Waals surface area contributed by atoms with Crippen molar-refractivity contribution in [2.75, 3.05) is 46.8 Å². The van der Waals surface area contributed by atoms with Crippen molar-refractivity contribution in [3.63, 3.8) is 0 Å². The van der Waals surface area contributed by atoms with Crippen molar-refractivity contribution in [3.8, 4) is 0 Å². The first kappa shape index (κ1) is 38.3. The number of phosphoric acid groups is 2. The van der Waals surface area contributed by atoms with Crippen LogP contribution in [0.5, 0.6) is 0 Å². The van der Waals surface area contributed by atoms with Crippen LogP contribution < -0.4 is 26.4 Å². The summed E-state index contributed by atoms with van der Waals surface area (Å²) in [6.45, 7) is -2.08. The Labute approximate surface area is 258 Å². The standard InChI is InChI=1S/C21H35N3O20P2/c1-37-4-5-38-6-7-39-21(32)23-13-16(29)14(27)10(8-25)42-19(13)43-46(35,36)44-45(33,34)40-9-11-15(28)17(30)18(41-11)24-3-2-12(26)22-20(24)31/h2-3,10-11,13-19,25,27-30H,4-9H2,1H3,(H,23,32)(H,33,34)(H,35,36)(H,22,26,31)/p-2/t10?,11?,13-,14-,15?,16?,17?,18?,19+/m0/s1. The number of aromatic amines is 1. The lowest BCUT2D eigenvalue weighted by molar-refractivity contribution is -0.284. The maximum absolute atomic E-state index is 12.5. The number of hydrogen-bond acceptors (Lipinski definition) is 20. The number of carbonyl (C=O) groups excluding carboxylic acids is 1. The third-order valence-corrected chi connectivity index (χ3v) is 8.88. The molecule has 0 aliphatic carbocycles. The summed E-state index contributed by atoms with van der Waals surface area (Å²) in [6, 6.07) is -1.03. The van der Waals surface area contributed by atoms with Gasteiger partial charge in [-0.2, -0.15) is 0 Å². The highest BCUT2D eigenvalue weighted by Gasteiger charge is 2.48. The molecule has 3 heterocycles. The Kier molecular flexibility index (Phi) is 14.0. The van der Waals surface area contributed by atoms with E-state index in [-0.39, 0.29) is 26.4 Å². The van der Waals surface area contributed by atoms with Crippen molar-refractivity contribution in [1.29, 1.82) is 0 Å². The van der Waals surface area contributed by atoms with Gasteiger partial charge in [-0.15, -0.1) is 0 Å². The average molecular weight is 709 g/mol. The molecule has 0 radical (unpaired) electrons. The fourth-order valence-corrected chi connectivity index (χ4v) is 6.21. The van der Waals surface area contributed by atoms with Crippen molar-refractivity contribution >= 4 is 21.7 Å². The molecule has 46 heavy (non-hydrogen) atoms. The molecule has 2 fully saturated rings. The fourth-order valence-electron chi connectivity index (χ4n) is 4.12. The van der Waals surface area contributed by atoms with Gasteiger partial charge in [-0.25, -0.2) is 13.9 Å². The predicted molar refractivity (Wildman–Crippen MR) is 139 cm³/mol. The molecule has 0 spiro atoms. The highest BCUT2D eigenvalue weighted by molar-refractivity contribution is 7.59. The van der Waals surface area contributed by atoms with Gasteiger partial charge in [-0.05, 0) is 0 Å². The largest absolute Gasteiger partial charge is 0.756 e. The molecule has 2 aliphatic heterocycles. The van der Waals surface area contributed by atoms with Crippen molar-refractivity contribution in [2.24, 2.45) is 0 Å². The molecule has 1 aromatic rings. The molecule has 0 aromatic carbocycles. The number of methoxy groups -OCH3 is 1. The van der Waals surface area contributed by atoms with Gasteiger partial charge < -0.3 is 68.8 Å². The summed E-state index contributed by atoms with van der Waals surface area (Å²) >= 11 is 0. The second kappa shape index (κ2) is 16.8. The number of rotatable bonds is 16. The Hall–Kier alpha value is -2.15. The van der Waals surface area contributed by atoms with Crippen molar-refractivity contribution in [3.05, 3.63) is 33.1 Å². The number of amides is 1. The van der Waals surface area contributed by atoms with E-state index in [1.807, 2.05) is 10.3 Å². The summed E-state index contributed by atoms with van der Waals surface area (Å²) in [5.74, 6) is 0. The quantitative estimate of drug-likeness (QED) is 0.0621. The number of aliphatic hydroxyl groups excluding tert-OH is 5. The summed E-state index contributed by atoms with van der Waals surface area (Å²) < 4.78 is 63.6. The van der Waals surface area contributed by atoms with Gasteiger partial charge in [0, 0.05) is 19.4 Å². The van der Waals surface area contributed by atoms with Crippen LogP contribution >= 0.6 is 15.6 Å². The number of phosphoric ester groups is 2. The minimum atomic E-state index is -6.05. The first-order valence-electron chi connectivity index (χ1n) is 13.2. The minimum Gasteiger partial charge on any atom is -0.756 e. The number of hydrogen-bond donors (Lipinski definition) is 7. The van der Waals surface area contributed by atoms with E-state index in [1.54, 1.807) is 0 Å². The zero-order chi connectivity index (χ0) is 34.2. The molecule has 3 rings (SSSR count). The van der Waals surface area contributed by atoms with Gasteiger partial charge in [0.25, 0.3) is 21.2 Å². The molecule has 1 aromatic heterocycles. The van der Waals surface area contributed by atoms with Gasteiger partial charge in [0.1, 0.15) is 49.3 Å². The highest BCUT2D eigenvalue weighted by atomic mass is 31.3. The Morgan fingerprint density at radius 1 is 1.00 bits per heavy atom. The van der Waals surface area contributed by atoms with E-state index in [9.17, 15) is 58.8 Å². The van der Waals surface area contributed by atoms with Gasteiger partial charge in [0.05, 0.1) is 33.0 Å². The maximum atomic E-state index is 12.5. The molecule has 1 amide bonds. The molecular formula is C21H33N3O20P2-2. The Morgan fingerprint density at radius 2 is 1.67 bits per heavy atom. The van der Waals surface area contributed by atoms with E-state index in [0.29, 0.717) is 4.57 Å². The predicted octanol–water partition coefficient (Wildman–Crippen LogP) is -5.66. The van der Waals surface area contributed by atoms with Crippen LogP contribution in [0.1, 0.15) is 6.23 Å². The van der Waals surface area contributed by atoms with E-state index in [0.717, 1.165) is 12.3 Å². The van der Waals surface area contributed by atoms with Crippen molar-refractivity contribution in [1.82, 2.24) is 14.9 Å². The molecule has 264 valence electrons. The first-order valence-corrected chi connectivity index (χ1v) is 16.1. The minimum absolute atomic E-state index is 0.0772. The number of aliphatic hydroxyl groups is 5. The number of ether oxygens (including phenoxy) is 5. The van der Waals surface area contributed by atoms with Gasteiger partial charge in [0.2, 0.25) is 0 Å². The van der Waals surface area contributed by atoms with E-state index < -0.39 is 101 Å². The summed E-state index contributed by atoms with van der Waals surface area (Å²) in [7, 11) is -10.5. The summed E-state index contributed by atoms with van der Waals surface area (Å²) in [6.07, 6.45) is -15.2. The lowest BCUT2D eigenvalue weighted by atomic mass is 9.97. The number of carbonyl (C=O) groups is 1. The van der Waals surface area contributed by atoms with Crippen LogP contribution in [0.3, 0.4) is 0 Å². The zero-order valence-corrected chi connectivity index (χ0v) is 25.6. The van der Waals surface area contributed by atoms with Gasteiger partial charge >= 0.3 is 11.8 Å². The van der Waals surface area contributed by atoms with E-state index in [2.05, 4.69) is 13.4 Å². The van der Waals surface area contributed by atoms with Gasteiger partial charge in [0.15, 0.2) is 12.5 Å². The van der Waals surface area contributed by atoms with Crippen LogP contribution in [0.25, 0.3) is 0 Å². The molecule has 7 N–H and O–H groups in total. The van der Waals surface area contributed by atoms with E-state index in [1.165, 1.54) is 7.11 Å². The second-order valence-corrected chi connectivity index (χ2v) is 12.5. The van der Waals surface area contributed by atoms with E-state index in [4.69, 9.17) is 23.7 Å². The van der Waals surface area contributed by atoms with Crippen LogP contribution in [-0.2, 0) is 46.2 Å². The summed E-state index contributed by atoms with van der Waals surface area (Å²) in [5.41, 5.74) is -1.81. The molecule has 0 saturated carbocycles. The topological polar surface area (TPSA) is 339 Å². The summed E-state index contributed by atoms with van der Waals surface area (Å²) in [5, 5.41) is 52.5.